The van der Waals surface area contributed by atoms with Crippen LogP contribution in [0.3, 0.4) is 0 Å². The molecule has 1 saturated carbocycles. The van der Waals surface area contributed by atoms with E-state index in [1.165, 1.54) is 22.0 Å². The van der Waals surface area contributed by atoms with E-state index in [4.69, 9.17) is 4.74 Å². The van der Waals surface area contributed by atoms with Gasteiger partial charge in [0.15, 0.2) is 0 Å². The average molecular weight is 428 g/mol. The second-order valence-electron chi connectivity index (χ2n) is 8.85. The van der Waals surface area contributed by atoms with Crippen molar-refractivity contribution in [3.63, 3.8) is 0 Å². The maximum absolute atomic E-state index is 13.8. The summed E-state index contributed by atoms with van der Waals surface area (Å²) >= 11 is 0. The molecular formula is C21H31F3N4O2. The lowest BCUT2D eigenvalue weighted by molar-refractivity contribution is -0.152. The van der Waals surface area contributed by atoms with Crippen LogP contribution in [-0.2, 0) is 11.3 Å². The maximum atomic E-state index is 13.8. The lowest BCUT2D eigenvalue weighted by Crippen LogP contribution is -2.53. The van der Waals surface area contributed by atoms with Gasteiger partial charge in [-0.05, 0) is 37.0 Å². The van der Waals surface area contributed by atoms with Gasteiger partial charge in [0.2, 0.25) is 5.95 Å². The molecule has 4 rings (SSSR count). The number of nitrogens with zero attached hydrogens (tertiary/aromatic N) is 3. The van der Waals surface area contributed by atoms with Crippen LogP contribution in [0.25, 0.3) is 0 Å². The fourth-order valence-corrected chi connectivity index (χ4v) is 4.88. The number of hydrogen-bond donors (Lipinski definition) is 1. The highest BCUT2D eigenvalue weighted by Gasteiger charge is 2.49. The Morgan fingerprint density at radius 3 is 2.70 bits per heavy atom. The van der Waals surface area contributed by atoms with Crippen molar-refractivity contribution in [2.45, 2.75) is 70.8 Å². The Morgan fingerprint density at radius 1 is 1.33 bits per heavy atom. The van der Waals surface area contributed by atoms with Gasteiger partial charge in [-0.15, -0.1) is 0 Å². The number of halogens is 3. The Bertz CT molecular complexity index is 808. The van der Waals surface area contributed by atoms with Gasteiger partial charge in [-0.3, -0.25) is 9.36 Å². The number of hydrogen-bond acceptors (Lipinski definition) is 5. The number of fused-ring (bicyclic) bond motifs is 2. The first-order valence-electron chi connectivity index (χ1n) is 11.1. The molecule has 0 amide bonds. The van der Waals surface area contributed by atoms with Crippen molar-refractivity contribution >= 4 is 11.8 Å². The van der Waals surface area contributed by atoms with Crippen LogP contribution in [0.4, 0.5) is 24.9 Å². The van der Waals surface area contributed by atoms with E-state index in [1.807, 2.05) is 0 Å². The van der Waals surface area contributed by atoms with Gasteiger partial charge < -0.3 is 15.0 Å². The third-order valence-electron chi connectivity index (χ3n) is 7.02. The van der Waals surface area contributed by atoms with Crippen molar-refractivity contribution in [3.8, 4) is 0 Å². The Kier molecular flexibility index (Phi) is 6.01. The summed E-state index contributed by atoms with van der Waals surface area (Å²) in [5, 5.41) is 3.14. The van der Waals surface area contributed by atoms with Crippen LogP contribution < -0.4 is 15.8 Å². The SMILES string of the molecule is CCC(CC)CCN1c2nc(NC[C@H]3OCC4CC43)cc(=O)n2CC[C@H]1C(F)(F)F. The van der Waals surface area contributed by atoms with Gasteiger partial charge in [0.25, 0.3) is 5.56 Å². The highest BCUT2D eigenvalue weighted by molar-refractivity contribution is 5.45. The summed E-state index contributed by atoms with van der Waals surface area (Å²) in [7, 11) is 0. The number of nitrogens with one attached hydrogen (secondary N) is 1. The van der Waals surface area contributed by atoms with Crippen LogP contribution in [0.1, 0.15) is 46.0 Å². The van der Waals surface area contributed by atoms with Crippen molar-refractivity contribution in [1.29, 1.82) is 0 Å². The third kappa shape index (κ3) is 4.31. The minimum atomic E-state index is -4.36. The normalized spacial score (nSPS) is 27.9. The summed E-state index contributed by atoms with van der Waals surface area (Å²) in [4.78, 5) is 18.4. The van der Waals surface area contributed by atoms with E-state index in [0.717, 1.165) is 19.4 Å². The van der Waals surface area contributed by atoms with Crippen molar-refractivity contribution in [3.05, 3.63) is 16.4 Å². The lowest BCUT2D eigenvalue weighted by Gasteiger charge is -2.39. The molecule has 4 atom stereocenters. The molecule has 0 radical (unpaired) electrons. The second-order valence-corrected chi connectivity index (χ2v) is 8.85. The molecule has 168 valence electrons. The molecule has 9 heteroatoms. The number of alkyl halides is 3. The first kappa shape index (κ1) is 21.5. The van der Waals surface area contributed by atoms with Gasteiger partial charge >= 0.3 is 6.18 Å². The fraction of sp³-hybridized carbons (Fsp3) is 0.810. The smallest absolute Gasteiger partial charge is 0.376 e. The molecule has 0 bridgehead atoms. The van der Waals surface area contributed by atoms with E-state index >= 15 is 0 Å². The van der Waals surface area contributed by atoms with E-state index < -0.39 is 12.2 Å². The second kappa shape index (κ2) is 8.40. The van der Waals surface area contributed by atoms with Crippen LogP contribution in [0.5, 0.6) is 0 Å². The molecule has 30 heavy (non-hydrogen) atoms. The Morgan fingerprint density at radius 2 is 2.10 bits per heavy atom. The maximum Gasteiger partial charge on any atom is 0.408 e. The summed E-state index contributed by atoms with van der Waals surface area (Å²) in [5.74, 6) is 2.01. The molecule has 3 aliphatic rings. The Hall–Kier alpha value is -1.77. The number of rotatable bonds is 8. The topological polar surface area (TPSA) is 59.4 Å². The van der Waals surface area contributed by atoms with Crippen LogP contribution >= 0.6 is 0 Å². The van der Waals surface area contributed by atoms with Gasteiger partial charge in [-0.1, -0.05) is 26.7 Å². The van der Waals surface area contributed by atoms with E-state index in [9.17, 15) is 18.0 Å². The zero-order valence-electron chi connectivity index (χ0n) is 17.6. The van der Waals surface area contributed by atoms with Crippen LogP contribution in [0, 0.1) is 17.8 Å². The van der Waals surface area contributed by atoms with E-state index in [-0.39, 0.29) is 37.1 Å². The molecule has 2 aliphatic heterocycles. The third-order valence-corrected chi connectivity index (χ3v) is 7.02. The minimum Gasteiger partial charge on any atom is -0.376 e. The van der Waals surface area contributed by atoms with Crippen molar-refractivity contribution < 1.29 is 17.9 Å². The van der Waals surface area contributed by atoms with E-state index in [2.05, 4.69) is 24.1 Å². The van der Waals surface area contributed by atoms with Gasteiger partial charge in [0.05, 0.1) is 12.7 Å². The van der Waals surface area contributed by atoms with Crippen molar-refractivity contribution in [2.24, 2.45) is 17.8 Å². The molecule has 1 aliphatic carbocycles. The monoisotopic (exact) mass is 428 g/mol. The predicted molar refractivity (Wildman–Crippen MR) is 109 cm³/mol. The van der Waals surface area contributed by atoms with E-state index in [1.54, 1.807) is 0 Å². The Labute approximate surface area is 174 Å². The average Bonchev–Trinajstić information content (AvgIpc) is 3.38. The van der Waals surface area contributed by atoms with E-state index in [0.29, 0.717) is 36.5 Å². The zero-order valence-corrected chi connectivity index (χ0v) is 17.6. The lowest BCUT2D eigenvalue weighted by atomic mass is 9.98. The molecule has 2 fully saturated rings. The molecular weight excluding hydrogens is 397 g/mol. The standard InChI is InChI=1S/C21H31F3N4O2/c1-3-13(4-2)5-7-27-17(21(22,23)24)6-8-28-19(29)10-18(26-20(27)28)25-11-16-15-9-14(15)12-30-16/h10,13-17,25H,3-9,11-12H2,1-2H3/t14?,15?,16-,17+/m1/s1. The van der Waals surface area contributed by atoms with Gasteiger partial charge in [0.1, 0.15) is 11.9 Å². The highest BCUT2D eigenvalue weighted by Crippen LogP contribution is 2.48. The molecule has 1 aromatic rings. The molecule has 1 N–H and O–H groups in total. The fourth-order valence-electron chi connectivity index (χ4n) is 4.88. The van der Waals surface area contributed by atoms with Crippen molar-refractivity contribution in [1.82, 2.24) is 9.55 Å². The largest absolute Gasteiger partial charge is 0.408 e. The number of ether oxygens (including phenoxy) is 1. The zero-order chi connectivity index (χ0) is 21.5. The first-order valence-corrected chi connectivity index (χ1v) is 11.1. The summed E-state index contributed by atoms with van der Waals surface area (Å²) in [6.07, 6.45) is -0.746. The number of anilines is 2. The van der Waals surface area contributed by atoms with Crippen molar-refractivity contribution in [2.75, 3.05) is 29.9 Å². The highest BCUT2D eigenvalue weighted by atomic mass is 19.4. The molecule has 3 heterocycles. The molecule has 0 spiro atoms. The summed E-state index contributed by atoms with van der Waals surface area (Å²) < 4.78 is 48.5. The van der Waals surface area contributed by atoms with Crippen LogP contribution in [-0.4, -0.2) is 47.6 Å². The number of aromatic nitrogens is 2. The van der Waals surface area contributed by atoms with Gasteiger partial charge in [-0.25, -0.2) is 0 Å². The minimum absolute atomic E-state index is 0.0304. The van der Waals surface area contributed by atoms with Gasteiger partial charge in [-0.2, -0.15) is 18.2 Å². The molecule has 6 nitrogen and oxygen atoms in total. The Balaban J connectivity index is 1.56. The summed E-state index contributed by atoms with van der Waals surface area (Å²) in [6.45, 7) is 5.67. The molecule has 1 aromatic heterocycles. The van der Waals surface area contributed by atoms with Crippen LogP contribution in [0.15, 0.2) is 10.9 Å². The summed E-state index contributed by atoms with van der Waals surface area (Å²) in [5.41, 5.74) is -0.313. The van der Waals surface area contributed by atoms with Gasteiger partial charge in [0, 0.05) is 25.7 Å². The molecule has 0 aromatic carbocycles. The predicted octanol–water partition coefficient (Wildman–Crippen LogP) is 3.66. The van der Waals surface area contributed by atoms with Crippen LogP contribution in [0.2, 0.25) is 0 Å². The first-order chi connectivity index (χ1) is 14.3. The quantitative estimate of drug-likeness (QED) is 0.685. The molecule has 1 saturated heterocycles. The summed E-state index contributed by atoms with van der Waals surface area (Å²) in [6, 6.07) is -0.227. The molecule has 2 unspecified atom stereocenters.